The number of fused-ring (bicyclic) bond motifs is 1. The van der Waals surface area contributed by atoms with Gasteiger partial charge in [-0.3, -0.25) is 4.98 Å². The van der Waals surface area contributed by atoms with Gasteiger partial charge < -0.3 is 14.6 Å². The molecule has 17 heavy (non-hydrogen) atoms. The first kappa shape index (κ1) is 11.8. The van der Waals surface area contributed by atoms with Gasteiger partial charge >= 0.3 is 0 Å². The van der Waals surface area contributed by atoms with Crippen LogP contribution in [0.4, 0.5) is 0 Å². The second-order valence-electron chi connectivity index (χ2n) is 3.78. The Morgan fingerprint density at radius 3 is 3.00 bits per heavy atom. The van der Waals surface area contributed by atoms with Crippen LogP contribution in [0, 0.1) is 0 Å². The molecule has 0 bridgehead atoms. The lowest BCUT2D eigenvalue weighted by Crippen LogP contribution is -2.22. The molecule has 0 spiro atoms. The summed E-state index contributed by atoms with van der Waals surface area (Å²) in [5, 5.41) is 10.5. The Kier molecular flexibility index (Phi) is 3.90. The lowest BCUT2D eigenvalue weighted by atomic mass is 10.2. The summed E-state index contributed by atoms with van der Waals surface area (Å²) in [6.07, 6.45) is 1.13. The number of ether oxygens (including phenoxy) is 2. The zero-order chi connectivity index (χ0) is 12.1. The summed E-state index contributed by atoms with van der Waals surface area (Å²) >= 11 is 0. The van der Waals surface area contributed by atoms with Gasteiger partial charge in [0.05, 0.1) is 12.1 Å². The standard InChI is InChI=1S/C13H15NO3/c1-16-8-11(15)9-17-12-5-4-10-3-2-6-14-13(10)7-12/h2-7,11,15H,8-9H2,1H3. The average molecular weight is 233 g/mol. The van der Waals surface area contributed by atoms with E-state index in [9.17, 15) is 5.11 Å². The minimum absolute atomic E-state index is 0.214. The number of nitrogens with zero attached hydrogens (tertiary/aromatic N) is 1. The molecular formula is C13H15NO3. The van der Waals surface area contributed by atoms with Gasteiger partial charge in [0, 0.05) is 24.8 Å². The van der Waals surface area contributed by atoms with Gasteiger partial charge in [-0.15, -0.1) is 0 Å². The molecule has 0 amide bonds. The Morgan fingerprint density at radius 1 is 1.29 bits per heavy atom. The largest absolute Gasteiger partial charge is 0.491 e. The molecule has 0 aliphatic carbocycles. The van der Waals surface area contributed by atoms with E-state index in [1.807, 2.05) is 30.3 Å². The molecule has 1 N–H and O–H groups in total. The van der Waals surface area contributed by atoms with Crippen LogP contribution in [0.5, 0.6) is 5.75 Å². The molecular weight excluding hydrogens is 218 g/mol. The number of aliphatic hydroxyl groups is 1. The highest BCUT2D eigenvalue weighted by Gasteiger charge is 2.04. The highest BCUT2D eigenvalue weighted by Crippen LogP contribution is 2.18. The summed E-state index contributed by atoms with van der Waals surface area (Å²) < 4.78 is 10.3. The molecule has 2 aromatic rings. The fourth-order valence-corrected chi connectivity index (χ4v) is 1.57. The average Bonchev–Trinajstić information content (AvgIpc) is 2.36. The Bertz CT molecular complexity index is 487. The predicted octanol–water partition coefficient (Wildman–Crippen LogP) is 1.62. The van der Waals surface area contributed by atoms with Gasteiger partial charge in [-0.2, -0.15) is 0 Å². The van der Waals surface area contributed by atoms with Gasteiger partial charge in [0.25, 0.3) is 0 Å². The van der Waals surface area contributed by atoms with Gasteiger partial charge in [0.2, 0.25) is 0 Å². The van der Waals surface area contributed by atoms with Crippen molar-refractivity contribution in [1.82, 2.24) is 4.98 Å². The lowest BCUT2D eigenvalue weighted by molar-refractivity contribution is 0.0326. The molecule has 1 heterocycles. The van der Waals surface area contributed by atoms with Crippen molar-refractivity contribution in [2.45, 2.75) is 6.10 Å². The predicted molar refractivity (Wildman–Crippen MR) is 65.1 cm³/mol. The summed E-state index contributed by atoms with van der Waals surface area (Å²) in [6, 6.07) is 9.55. The Balaban J connectivity index is 2.04. The van der Waals surface area contributed by atoms with Crippen LogP contribution in [0.25, 0.3) is 10.9 Å². The van der Waals surface area contributed by atoms with Crippen molar-refractivity contribution in [1.29, 1.82) is 0 Å². The van der Waals surface area contributed by atoms with Gasteiger partial charge in [0.15, 0.2) is 0 Å². The molecule has 0 aliphatic heterocycles. The zero-order valence-corrected chi connectivity index (χ0v) is 9.67. The second kappa shape index (κ2) is 5.61. The quantitative estimate of drug-likeness (QED) is 0.852. The third-order valence-electron chi connectivity index (χ3n) is 2.38. The monoisotopic (exact) mass is 233 g/mol. The highest BCUT2D eigenvalue weighted by atomic mass is 16.5. The van der Waals surface area contributed by atoms with Crippen molar-refractivity contribution in [3.8, 4) is 5.75 Å². The molecule has 0 saturated heterocycles. The maximum absolute atomic E-state index is 9.46. The summed E-state index contributed by atoms with van der Waals surface area (Å²) in [4.78, 5) is 4.24. The van der Waals surface area contributed by atoms with Crippen molar-refractivity contribution in [2.75, 3.05) is 20.3 Å². The molecule has 0 aliphatic rings. The minimum atomic E-state index is -0.612. The van der Waals surface area contributed by atoms with Crippen molar-refractivity contribution >= 4 is 10.9 Å². The summed E-state index contributed by atoms with van der Waals surface area (Å²) in [7, 11) is 1.54. The second-order valence-corrected chi connectivity index (χ2v) is 3.78. The van der Waals surface area contributed by atoms with E-state index in [2.05, 4.69) is 4.98 Å². The Morgan fingerprint density at radius 2 is 2.18 bits per heavy atom. The van der Waals surface area contributed by atoms with E-state index in [0.717, 1.165) is 10.9 Å². The van der Waals surface area contributed by atoms with E-state index in [1.165, 1.54) is 0 Å². The van der Waals surface area contributed by atoms with Crippen LogP contribution in [-0.2, 0) is 4.74 Å². The molecule has 90 valence electrons. The maximum atomic E-state index is 9.46. The number of methoxy groups -OCH3 is 1. The van der Waals surface area contributed by atoms with Crippen molar-refractivity contribution in [3.63, 3.8) is 0 Å². The molecule has 4 nitrogen and oxygen atoms in total. The zero-order valence-electron chi connectivity index (χ0n) is 9.67. The van der Waals surface area contributed by atoms with E-state index in [4.69, 9.17) is 9.47 Å². The van der Waals surface area contributed by atoms with Crippen LogP contribution in [-0.4, -0.2) is 36.5 Å². The van der Waals surface area contributed by atoms with Gasteiger partial charge in [-0.05, 0) is 18.2 Å². The van der Waals surface area contributed by atoms with Crippen LogP contribution in [0.1, 0.15) is 0 Å². The number of hydrogen-bond donors (Lipinski definition) is 1. The lowest BCUT2D eigenvalue weighted by Gasteiger charge is -2.11. The van der Waals surface area contributed by atoms with E-state index >= 15 is 0 Å². The SMILES string of the molecule is COCC(O)COc1ccc2cccnc2c1. The van der Waals surface area contributed by atoms with E-state index in [0.29, 0.717) is 5.75 Å². The third kappa shape index (κ3) is 3.15. The Hall–Kier alpha value is -1.65. The molecule has 0 radical (unpaired) electrons. The first-order valence-corrected chi connectivity index (χ1v) is 5.44. The van der Waals surface area contributed by atoms with E-state index in [1.54, 1.807) is 13.3 Å². The normalized spacial score (nSPS) is 12.6. The summed E-state index contributed by atoms with van der Waals surface area (Å²) in [5.74, 6) is 0.700. The molecule has 1 unspecified atom stereocenters. The van der Waals surface area contributed by atoms with E-state index in [-0.39, 0.29) is 13.2 Å². The van der Waals surface area contributed by atoms with Gasteiger partial charge in [-0.25, -0.2) is 0 Å². The maximum Gasteiger partial charge on any atom is 0.121 e. The summed E-state index contributed by atoms with van der Waals surface area (Å²) in [6.45, 7) is 0.484. The number of pyridine rings is 1. The topological polar surface area (TPSA) is 51.6 Å². The van der Waals surface area contributed by atoms with Crippen LogP contribution in [0.2, 0.25) is 0 Å². The molecule has 1 aromatic carbocycles. The van der Waals surface area contributed by atoms with Crippen LogP contribution in [0.15, 0.2) is 36.5 Å². The van der Waals surface area contributed by atoms with Crippen molar-refractivity contribution in [2.24, 2.45) is 0 Å². The number of aromatic nitrogens is 1. The van der Waals surface area contributed by atoms with Crippen molar-refractivity contribution < 1.29 is 14.6 Å². The highest BCUT2D eigenvalue weighted by molar-refractivity contribution is 5.79. The molecule has 0 saturated carbocycles. The van der Waals surface area contributed by atoms with Crippen LogP contribution < -0.4 is 4.74 Å². The molecule has 1 aromatic heterocycles. The number of rotatable bonds is 5. The number of aliphatic hydroxyl groups excluding tert-OH is 1. The fraction of sp³-hybridized carbons (Fsp3) is 0.308. The first-order valence-electron chi connectivity index (χ1n) is 5.44. The van der Waals surface area contributed by atoms with Gasteiger partial charge in [-0.1, -0.05) is 6.07 Å². The third-order valence-corrected chi connectivity index (χ3v) is 2.38. The van der Waals surface area contributed by atoms with Crippen LogP contribution in [0.3, 0.4) is 0 Å². The Labute approximate surface area is 99.8 Å². The number of hydrogen-bond acceptors (Lipinski definition) is 4. The molecule has 4 heteroatoms. The van der Waals surface area contributed by atoms with Crippen molar-refractivity contribution in [3.05, 3.63) is 36.5 Å². The van der Waals surface area contributed by atoms with E-state index < -0.39 is 6.10 Å². The van der Waals surface area contributed by atoms with Crippen LogP contribution >= 0.6 is 0 Å². The summed E-state index contributed by atoms with van der Waals surface area (Å²) in [5.41, 5.74) is 0.881. The smallest absolute Gasteiger partial charge is 0.121 e. The van der Waals surface area contributed by atoms with Gasteiger partial charge in [0.1, 0.15) is 18.5 Å². The number of benzene rings is 1. The molecule has 2 rings (SSSR count). The molecule has 0 fully saturated rings. The molecule has 1 atom stereocenters. The fourth-order valence-electron chi connectivity index (χ4n) is 1.57. The first-order chi connectivity index (χ1) is 8.29. The minimum Gasteiger partial charge on any atom is -0.491 e.